The van der Waals surface area contributed by atoms with Crippen molar-refractivity contribution in [3.63, 3.8) is 0 Å². The molecule has 4 rings (SSSR count). The van der Waals surface area contributed by atoms with Gasteiger partial charge in [0.05, 0.1) is 16.8 Å². The van der Waals surface area contributed by atoms with Gasteiger partial charge < -0.3 is 10.5 Å². The fourth-order valence-corrected chi connectivity index (χ4v) is 4.21. The van der Waals surface area contributed by atoms with Gasteiger partial charge in [0.25, 0.3) is 5.91 Å². The summed E-state index contributed by atoms with van der Waals surface area (Å²) in [5.41, 5.74) is 9.35. The second-order valence-corrected chi connectivity index (χ2v) is 7.80. The first-order chi connectivity index (χ1) is 13.5. The molecule has 5 nitrogen and oxygen atoms in total. The van der Waals surface area contributed by atoms with Crippen LogP contribution in [0.4, 0.5) is 0 Å². The molecule has 1 aliphatic rings. The Bertz CT molecular complexity index is 1090. The van der Waals surface area contributed by atoms with Crippen LogP contribution >= 0.6 is 11.3 Å². The Balaban J connectivity index is 1.89. The number of amides is 1. The average Bonchev–Trinajstić information content (AvgIpc) is 3.19. The van der Waals surface area contributed by atoms with Crippen LogP contribution in [-0.2, 0) is 16.0 Å². The number of benzene rings is 1. The van der Waals surface area contributed by atoms with Crippen LogP contribution in [-0.4, -0.2) is 23.0 Å². The van der Waals surface area contributed by atoms with E-state index in [1.807, 2.05) is 35.7 Å². The maximum Gasteiger partial charge on any atom is 0.339 e. The molecule has 0 saturated heterocycles. The van der Waals surface area contributed by atoms with Crippen LogP contribution in [0.2, 0.25) is 0 Å². The molecule has 6 heteroatoms. The van der Waals surface area contributed by atoms with E-state index < -0.39 is 18.0 Å². The van der Waals surface area contributed by atoms with Crippen LogP contribution < -0.4 is 5.73 Å². The molecule has 2 heterocycles. The molecule has 0 bridgehead atoms. The van der Waals surface area contributed by atoms with E-state index in [0.29, 0.717) is 5.56 Å². The van der Waals surface area contributed by atoms with Crippen LogP contribution in [0, 0.1) is 0 Å². The quantitative estimate of drug-likeness (QED) is 0.675. The van der Waals surface area contributed by atoms with Crippen molar-refractivity contribution in [2.45, 2.75) is 32.3 Å². The number of fused-ring (bicyclic) bond motifs is 2. The number of nitrogens with zero attached hydrogens (tertiary/aromatic N) is 1. The highest BCUT2D eigenvalue weighted by Gasteiger charge is 2.27. The highest BCUT2D eigenvalue weighted by Crippen LogP contribution is 2.36. The molecule has 142 valence electrons. The zero-order valence-electron chi connectivity index (χ0n) is 15.5. The van der Waals surface area contributed by atoms with Gasteiger partial charge in [-0.3, -0.25) is 4.79 Å². The average molecular weight is 392 g/mol. The van der Waals surface area contributed by atoms with Gasteiger partial charge in [0, 0.05) is 10.3 Å². The Labute approximate surface area is 166 Å². The van der Waals surface area contributed by atoms with E-state index >= 15 is 0 Å². The molecular weight excluding hydrogens is 372 g/mol. The third kappa shape index (κ3) is 3.43. The Morgan fingerprint density at radius 3 is 2.79 bits per heavy atom. The summed E-state index contributed by atoms with van der Waals surface area (Å²) in [6.45, 7) is 1.48. The van der Waals surface area contributed by atoms with Crippen LogP contribution in [0.3, 0.4) is 0 Å². The van der Waals surface area contributed by atoms with Gasteiger partial charge in [-0.2, -0.15) is 0 Å². The van der Waals surface area contributed by atoms with E-state index in [0.717, 1.165) is 51.9 Å². The minimum absolute atomic E-state index is 0.491. The minimum atomic E-state index is -0.986. The van der Waals surface area contributed by atoms with Crippen molar-refractivity contribution in [1.29, 1.82) is 0 Å². The smallest absolute Gasteiger partial charge is 0.339 e. The highest BCUT2D eigenvalue weighted by molar-refractivity contribution is 7.10. The number of ether oxygens (including phenoxy) is 1. The summed E-state index contributed by atoms with van der Waals surface area (Å²) in [5, 5.41) is 2.78. The number of rotatable bonds is 4. The van der Waals surface area contributed by atoms with Gasteiger partial charge in [-0.25, -0.2) is 9.78 Å². The molecular formula is C22H20N2O3S. The number of para-hydroxylation sites is 1. The third-order valence-corrected chi connectivity index (χ3v) is 5.74. The first-order valence-electron chi connectivity index (χ1n) is 9.21. The van der Waals surface area contributed by atoms with Gasteiger partial charge in [0.15, 0.2) is 6.10 Å². The molecule has 0 fully saturated rings. The van der Waals surface area contributed by atoms with E-state index in [1.165, 1.54) is 6.92 Å². The summed E-state index contributed by atoms with van der Waals surface area (Å²) >= 11 is 1.67. The predicted octanol–water partition coefficient (Wildman–Crippen LogP) is 4.20. The van der Waals surface area contributed by atoms with E-state index in [2.05, 4.69) is 12.1 Å². The first kappa shape index (κ1) is 18.4. The Kier molecular flexibility index (Phi) is 4.96. The van der Waals surface area contributed by atoms with Gasteiger partial charge >= 0.3 is 5.97 Å². The summed E-state index contributed by atoms with van der Waals surface area (Å²) in [6, 6.07) is 11.6. The van der Waals surface area contributed by atoms with Crippen LogP contribution in [0.25, 0.3) is 22.6 Å². The number of hydrogen-bond donors (Lipinski definition) is 1. The number of thiophene rings is 1. The third-order valence-electron chi connectivity index (χ3n) is 4.92. The summed E-state index contributed by atoms with van der Waals surface area (Å²) < 4.78 is 5.35. The number of aromatic nitrogens is 1. The number of carbonyl (C=O) groups is 2. The molecule has 3 aromatic rings. The maximum absolute atomic E-state index is 13.0. The van der Waals surface area contributed by atoms with Gasteiger partial charge in [-0.05, 0) is 60.9 Å². The molecule has 0 radical (unpaired) electrons. The molecule has 1 atom stereocenters. The molecule has 28 heavy (non-hydrogen) atoms. The van der Waals surface area contributed by atoms with E-state index in [4.69, 9.17) is 15.5 Å². The second-order valence-electron chi connectivity index (χ2n) is 6.82. The van der Waals surface area contributed by atoms with Gasteiger partial charge in [-0.15, -0.1) is 11.3 Å². The van der Waals surface area contributed by atoms with Crippen molar-refractivity contribution in [1.82, 2.24) is 4.98 Å². The molecule has 0 aliphatic heterocycles. The largest absolute Gasteiger partial charge is 0.449 e. The van der Waals surface area contributed by atoms with Gasteiger partial charge in [0.2, 0.25) is 0 Å². The number of hydrogen-bond acceptors (Lipinski definition) is 5. The van der Waals surface area contributed by atoms with Crippen LogP contribution in [0.5, 0.6) is 0 Å². The standard InChI is InChI=1S/C22H20N2O3S/c1-13(21(23)25)27-22(26)19-16-8-2-3-10-18(16)24-20-14(6-4-9-17(19)20)12-15-7-5-11-28-15/h2-3,5,7-8,10-13H,4,6,9H2,1H3,(H2,23,25). The molecule has 2 aromatic heterocycles. The Morgan fingerprint density at radius 1 is 1.21 bits per heavy atom. The van der Waals surface area contributed by atoms with Crippen LogP contribution in [0.15, 0.2) is 41.8 Å². The highest BCUT2D eigenvalue weighted by atomic mass is 32.1. The van der Waals surface area contributed by atoms with E-state index in [-0.39, 0.29) is 0 Å². The number of esters is 1. The van der Waals surface area contributed by atoms with Crippen molar-refractivity contribution in [3.8, 4) is 0 Å². The van der Waals surface area contributed by atoms with Crippen LogP contribution in [0.1, 0.15) is 46.3 Å². The normalized spacial score (nSPS) is 16.0. The van der Waals surface area contributed by atoms with Crippen molar-refractivity contribution in [2.24, 2.45) is 5.73 Å². The first-order valence-corrected chi connectivity index (χ1v) is 10.1. The molecule has 1 aromatic carbocycles. The lowest BCUT2D eigenvalue weighted by Crippen LogP contribution is -2.31. The molecule has 1 aliphatic carbocycles. The number of nitrogens with two attached hydrogens (primary N) is 1. The number of pyridine rings is 1. The Morgan fingerprint density at radius 2 is 2.04 bits per heavy atom. The molecule has 0 saturated carbocycles. The molecule has 1 amide bonds. The summed E-state index contributed by atoms with van der Waals surface area (Å²) in [5.74, 6) is -1.20. The number of primary amides is 1. The molecule has 0 spiro atoms. The second kappa shape index (κ2) is 7.56. The predicted molar refractivity (Wildman–Crippen MR) is 111 cm³/mol. The minimum Gasteiger partial charge on any atom is -0.449 e. The summed E-state index contributed by atoms with van der Waals surface area (Å²) in [6.07, 6.45) is 3.73. The zero-order chi connectivity index (χ0) is 19.7. The monoisotopic (exact) mass is 392 g/mol. The maximum atomic E-state index is 13.0. The van der Waals surface area contributed by atoms with Crippen molar-refractivity contribution in [3.05, 3.63) is 63.5 Å². The Hall–Kier alpha value is -2.99. The number of carbonyl (C=O) groups excluding carboxylic acids is 2. The summed E-state index contributed by atoms with van der Waals surface area (Å²) in [4.78, 5) is 30.4. The lowest BCUT2D eigenvalue weighted by atomic mass is 9.86. The zero-order valence-corrected chi connectivity index (χ0v) is 16.3. The lowest BCUT2D eigenvalue weighted by molar-refractivity contribution is -0.125. The van der Waals surface area contributed by atoms with Gasteiger partial charge in [0.1, 0.15) is 0 Å². The van der Waals surface area contributed by atoms with E-state index in [9.17, 15) is 9.59 Å². The van der Waals surface area contributed by atoms with Gasteiger partial charge in [-0.1, -0.05) is 24.3 Å². The fraction of sp³-hybridized carbons (Fsp3) is 0.227. The van der Waals surface area contributed by atoms with Crippen molar-refractivity contribution >= 4 is 45.8 Å². The molecule has 2 N–H and O–H groups in total. The summed E-state index contributed by atoms with van der Waals surface area (Å²) in [7, 11) is 0. The topological polar surface area (TPSA) is 82.3 Å². The molecule has 1 unspecified atom stereocenters. The fourth-order valence-electron chi connectivity index (χ4n) is 3.53. The lowest BCUT2D eigenvalue weighted by Gasteiger charge is -2.23. The number of allylic oxidation sites excluding steroid dienone is 1. The van der Waals surface area contributed by atoms with E-state index in [1.54, 1.807) is 11.3 Å². The SMILES string of the molecule is CC(OC(=O)c1c2c(nc3ccccc13)C(=Cc1cccs1)CCC2)C(N)=O. The van der Waals surface area contributed by atoms with Crippen molar-refractivity contribution in [2.75, 3.05) is 0 Å². The van der Waals surface area contributed by atoms with Crippen molar-refractivity contribution < 1.29 is 14.3 Å².